The third-order valence-electron chi connectivity index (χ3n) is 3.48. The largest absolute Gasteiger partial charge is 0.326 e. The van der Waals surface area contributed by atoms with E-state index in [1.165, 1.54) is 0 Å². The van der Waals surface area contributed by atoms with Crippen LogP contribution in [0.5, 0.6) is 0 Å². The van der Waals surface area contributed by atoms with Crippen molar-refractivity contribution < 1.29 is 4.79 Å². The number of fused-ring (bicyclic) bond motifs is 1. The lowest BCUT2D eigenvalue weighted by molar-refractivity contribution is -0.123. The molecule has 0 saturated heterocycles. The molecule has 1 heterocycles. The number of benzene rings is 1. The van der Waals surface area contributed by atoms with Crippen LogP contribution < -0.4 is 5.32 Å². The molecular weight excluding hydrogens is 226 g/mol. The number of anilines is 1. The van der Waals surface area contributed by atoms with Gasteiger partial charge in [0.25, 0.3) is 0 Å². The number of amides is 1. The minimum absolute atomic E-state index is 0.122. The normalized spacial score (nSPS) is 22.5. The van der Waals surface area contributed by atoms with Crippen molar-refractivity contribution in [3.8, 4) is 0 Å². The fourth-order valence-electron chi connectivity index (χ4n) is 2.40. The van der Waals surface area contributed by atoms with Gasteiger partial charge < -0.3 is 5.32 Å². The van der Waals surface area contributed by atoms with E-state index in [0.29, 0.717) is 5.92 Å². The second kappa shape index (κ2) is 4.37. The van der Waals surface area contributed by atoms with E-state index in [-0.39, 0.29) is 11.8 Å². The van der Waals surface area contributed by atoms with Crippen LogP contribution in [0.15, 0.2) is 30.6 Å². The molecule has 1 aromatic carbocycles. The highest BCUT2D eigenvalue weighted by Gasteiger charge is 2.31. The molecule has 0 bridgehead atoms. The number of nitrogens with one attached hydrogen (secondary N) is 1. The molecule has 3 rings (SSSR count). The molecule has 1 aliphatic rings. The van der Waals surface area contributed by atoms with Crippen LogP contribution in [0.2, 0.25) is 0 Å². The fraction of sp³-hybridized carbons (Fsp3) is 0.357. The lowest BCUT2D eigenvalue weighted by Gasteiger charge is -2.31. The number of carbonyl (C=O) groups is 1. The van der Waals surface area contributed by atoms with Crippen molar-refractivity contribution in [1.29, 1.82) is 0 Å². The van der Waals surface area contributed by atoms with Gasteiger partial charge in [-0.3, -0.25) is 14.8 Å². The summed E-state index contributed by atoms with van der Waals surface area (Å²) in [4.78, 5) is 20.4. The van der Waals surface area contributed by atoms with E-state index in [4.69, 9.17) is 0 Å². The molecule has 0 radical (unpaired) electrons. The summed E-state index contributed by atoms with van der Waals surface area (Å²) in [5, 5.41) is 2.95. The molecule has 0 aliphatic heterocycles. The zero-order valence-electron chi connectivity index (χ0n) is 10.3. The van der Waals surface area contributed by atoms with Gasteiger partial charge >= 0.3 is 0 Å². The molecule has 92 valence electrons. The summed E-state index contributed by atoms with van der Waals surface area (Å²) in [6.07, 6.45) is 5.32. The summed E-state index contributed by atoms with van der Waals surface area (Å²) in [5.74, 6) is 0.983. The second-order valence-corrected chi connectivity index (χ2v) is 5.02. The molecule has 1 amide bonds. The number of hydrogen-bond donors (Lipinski definition) is 1. The minimum Gasteiger partial charge on any atom is -0.326 e. The molecule has 1 aliphatic carbocycles. The van der Waals surface area contributed by atoms with Gasteiger partial charge in [-0.05, 0) is 37.0 Å². The zero-order valence-corrected chi connectivity index (χ0v) is 10.3. The van der Waals surface area contributed by atoms with Crippen LogP contribution in [-0.4, -0.2) is 15.9 Å². The van der Waals surface area contributed by atoms with Crippen LogP contribution in [-0.2, 0) is 4.79 Å². The molecule has 0 atom stereocenters. The summed E-state index contributed by atoms with van der Waals surface area (Å²) < 4.78 is 0. The van der Waals surface area contributed by atoms with E-state index in [0.717, 1.165) is 29.6 Å². The maximum Gasteiger partial charge on any atom is 0.227 e. The first-order chi connectivity index (χ1) is 8.72. The van der Waals surface area contributed by atoms with Gasteiger partial charge in [0, 0.05) is 24.0 Å². The molecule has 4 nitrogen and oxygen atoms in total. The third-order valence-corrected chi connectivity index (χ3v) is 3.48. The highest BCUT2D eigenvalue weighted by molar-refractivity contribution is 5.94. The molecule has 18 heavy (non-hydrogen) atoms. The number of nitrogens with zero attached hydrogens (tertiary/aromatic N) is 2. The molecule has 0 unspecified atom stereocenters. The Bertz CT molecular complexity index is 590. The monoisotopic (exact) mass is 241 g/mol. The Morgan fingerprint density at radius 2 is 1.94 bits per heavy atom. The SMILES string of the molecule is CC1CC(C(=O)Nc2ccc3nccnc3c2)C1. The molecule has 0 spiro atoms. The van der Waals surface area contributed by atoms with Crippen molar-refractivity contribution in [2.75, 3.05) is 5.32 Å². The van der Waals surface area contributed by atoms with E-state index in [2.05, 4.69) is 22.2 Å². The number of rotatable bonds is 2. The van der Waals surface area contributed by atoms with Crippen molar-refractivity contribution in [3.05, 3.63) is 30.6 Å². The minimum atomic E-state index is 0.122. The summed E-state index contributed by atoms with van der Waals surface area (Å²) in [6, 6.07) is 5.61. The van der Waals surface area contributed by atoms with Gasteiger partial charge in [0.05, 0.1) is 11.0 Å². The van der Waals surface area contributed by atoms with Crippen molar-refractivity contribution in [1.82, 2.24) is 9.97 Å². The summed E-state index contributed by atoms with van der Waals surface area (Å²) in [7, 11) is 0. The van der Waals surface area contributed by atoms with Crippen LogP contribution in [0.25, 0.3) is 11.0 Å². The average Bonchev–Trinajstić information content (AvgIpc) is 2.35. The Hall–Kier alpha value is -1.97. The molecule has 1 N–H and O–H groups in total. The molecule has 1 fully saturated rings. The molecule has 1 saturated carbocycles. The van der Waals surface area contributed by atoms with Crippen LogP contribution in [0.4, 0.5) is 5.69 Å². The quantitative estimate of drug-likeness (QED) is 0.879. The van der Waals surface area contributed by atoms with Gasteiger partial charge in [-0.2, -0.15) is 0 Å². The van der Waals surface area contributed by atoms with Gasteiger partial charge in [0.2, 0.25) is 5.91 Å². The zero-order chi connectivity index (χ0) is 12.5. The molecule has 1 aromatic heterocycles. The Labute approximate surface area is 105 Å². The first-order valence-corrected chi connectivity index (χ1v) is 6.24. The number of hydrogen-bond acceptors (Lipinski definition) is 3. The van der Waals surface area contributed by atoms with Gasteiger partial charge in [0.1, 0.15) is 0 Å². The van der Waals surface area contributed by atoms with Crippen LogP contribution in [0.1, 0.15) is 19.8 Å². The molecular formula is C14H15N3O. The van der Waals surface area contributed by atoms with Gasteiger partial charge in [-0.1, -0.05) is 6.92 Å². The Balaban J connectivity index is 1.76. The van der Waals surface area contributed by atoms with Crippen LogP contribution >= 0.6 is 0 Å². The van der Waals surface area contributed by atoms with Crippen LogP contribution in [0, 0.1) is 11.8 Å². The van der Waals surface area contributed by atoms with Crippen molar-refractivity contribution >= 4 is 22.6 Å². The van der Waals surface area contributed by atoms with Crippen molar-refractivity contribution in [3.63, 3.8) is 0 Å². The van der Waals surface area contributed by atoms with Crippen molar-refractivity contribution in [2.24, 2.45) is 11.8 Å². The Kier molecular flexibility index (Phi) is 2.70. The van der Waals surface area contributed by atoms with E-state index in [9.17, 15) is 4.79 Å². The van der Waals surface area contributed by atoms with Gasteiger partial charge in [0.15, 0.2) is 0 Å². The van der Waals surface area contributed by atoms with Gasteiger partial charge in [-0.25, -0.2) is 0 Å². The maximum atomic E-state index is 11.9. The summed E-state index contributed by atoms with van der Waals surface area (Å²) in [5.41, 5.74) is 2.44. The molecule has 4 heteroatoms. The topological polar surface area (TPSA) is 54.9 Å². The predicted octanol–water partition coefficient (Wildman–Crippen LogP) is 2.61. The second-order valence-electron chi connectivity index (χ2n) is 5.02. The van der Waals surface area contributed by atoms with E-state index in [1.807, 2.05) is 18.2 Å². The maximum absolute atomic E-state index is 11.9. The number of aromatic nitrogens is 2. The predicted molar refractivity (Wildman–Crippen MR) is 70.1 cm³/mol. The Morgan fingerprint density at radius 1 is 1.22 bits per heavy atom. The molecule has 2 aromatic rings. The van der Waals surface area contributed by atoms with E-state index >= 15 is 0 Å². The van der Waals surface area contributed by atoms with Crippen molar-refractivity contribution in [2.45, 2.75) is 19.8 Å². The fourth-order valence-corrected chi connectivity index (χ4v) is 2.40. The first-order valence-electron chi connectivity index (χ1n) is 6.24. The number of carbonyl (C=O) groups excluding carboxylic acids is 1. The summed E-state index contributed by atoms with van der Waals surface area (Å²) in [6.45, 7) is 2.18. The van der Waals surface area contributed by atoms with Gasteiger partial charge in [-0.15, -0.1) is 0 Å². The third kappa shape index (κ3) is 2.06. The van der Waals surface area contributed by atoms with E-state index < -0.39 is 0 Å². The smallest absolute Gasteiger partial charge is 0.227 e. The average molecular weight is 241 g/mol. The van der Waals surface area contributed by atoms with Crippen LogP contribution in [0.3, 0.4) is 0 Å². The highest BCUT2D eigenvalue weighted by atomic mass is 16.1. The highest BCUT2D eigenvalue weighted by Crippen LogP contribution is 2.33. The lowest BCUT2D eigenvalue weighted by Crippen LogP contribution is -2.33. The van der Waals surface area contributed by atoms with E-state index in [1.54, 1.807) is 12.4 Å². The lowest BCUT2D eigenvalue weighted by atomic mass is 9.75. The first kappa shape index (κ1) is 11.1. The summed E-state index contributed by atoms with van der Waals surface area (Å²) >= 11 is 0. The Morgan fingerprint density at radius 3 is 2.67 bits per heavy atom. The standard InChI is InChI=1S/C14H15N3O/c1-9-6-10(7-9)14(18)17-11-2-3-12-13(8-11)16-5-4-15-12/h2-5,8-10H,6-7H2,1H3,(H,17,18).